The van der Waals surface area contributed by atoms with Crippen molar-refractivity contribution in [3.05, 3.63) is 39.4 Å². The Hall–Kier alpha value is -1.42. The van der Waals surface area contributed by atoms with Gasteiger partial charge < -0.3 is 5.73 Å². The predicted octanol–water partition coefficient (Wildman–Crippen LogP) is 1.36. The second-order valence-corrected chi connectivity index (χ2v) is 2.57. The standard InChI is InChI=1S/C8H10N2O2/c1-6-2-3-8(10(11)12)4-7(6)5-9/h2-4H,5,9H2,1H3. The fourth-order valence-electron chi connectivity index (χ4n) is 0.991. The second-order valence-electron chi connectivity index (χ2n) is 2.57. The molecule has 0 aliphatic rings. The van der Waals surface area contributed by atoms with E-state index in [1.54, 1.807) is 6.07 Å². The van der Waals surface area contributed by atoms with Gasteiger partial charge in [-0.3, -0.25) is 10.1 Å². The summed E-state index contributed by atoms with van der Waals surface area (Å²) in [6, 6.07) is 4.70. The quantitative estimate of drug-likeness (QED) is 0.532. The van der Waals surface area contributed by atoms with Crippen LogP contribution in [-0.2, 0) is 6.54 Å². The van der Waals surface area contributed by atoms with E-state index >= 15 is 0 Å². The number of nitro groups is 1. The van der Waals surface area contributed by atoms with Crippen LogP contribution in [0.4, 0.5) is 5.69 Å². The van der Waals surface area contributed by atoms with Gasteiger partial charge >= 0.3 is 0 Å². The number of benzene rings is 1. The third kappa shape index (κ3) is 1.60. The van der Waals surface area contributed by atoms with Crippen molar-refractivity contribution in [1.82, 2.24) is 0 Å². The van der Waals surface area contributed by atoms with E-state index in [1.165, 1.54) is 12.1 Å². The molecule has 4 nitrogen and oxygen atoms in total. The Labute approximate surface area is 70.2 Å². The van der Waals surface area contributed by atoms with Crippen LogP contribution >= 0.6 is 0 Å². The zero-order valence-corrected chi connectivity index (χ0v) is 6.78. The average molecular weight is 166 g/mol. The van der Waals surface area contributed by atoms with E-state index < -0.39 is 4.92 Å². The summed E-state index contributed by atoms with van der Waals surface area (Å²) in [5.41, 5.74) is 7.31. The molecule has 0 aliphatic heterocycles. The molecule has 0 radical (unpaired) electrons. The van der Waals surface area contributed by atoms with E-state index in [0.717, 1.165) is 11.1 Å². The number of aryl methyl sites for hydroxylation is 1. The van der Waals surface area contributed by atoms with Crippen LogP contribution in [0.25, 0.3) is 0 Å². The van der Waals surface area contributed by atoms with E-state index in [4.69, 9.17) is 5.73 Å². The number of hydrogen-bond donors (Lipinski definition) is 1. The lowest BCUT2D eigenvalue weighted by atomic mass is 10.1. The van der Waals surface area contributed by atoms with Gasteiger partial charge in [-0.2, -0.15) is 0 Å². The first-order chi connectivity index (χ1) is 5.65. The zero-order chi connectivity index (χ0) is 9.14. The van der Waals surface area contributed by atoms with Gasteiger partial charge in [-0.1, -0.05) is 6.07 Å². The summed E-state index contributed by atoms with van der Waals surface area (Å²) in [6.45, 7) is 2.22. The van der Waals surface area contributed by atoms with Crippen LogP contribution in [0.15, 0.2) is 18.2 Å². The Kier molecular flexibility index (Phi) is 2.40. The minimum absolute atomic E-state index is 0.0982. The highest BCUT2D eigenvalue weighted by Crippen LogP contribution is 2.16. The van der Waals surface area contributed by atoms with Crippen molar-refractivity contribution in [3.63, 3.8) is 0 Å². The first kappa shape index (κ1) is 8.67. The summed E-state index contributed by atoms with van der Waals surface area (Å²) in [6.07, 6.45) is 0. The molecule has 0 heterocycles. The van der Waals surface area contributed by atoms with Gasteiger partial charge in [0.15, 0.2) is 0 Å². The molecule has 0 aliphatic carbocycles. The number of nitrogens with two attached hydrogens (primary N) is 1. The second kappa shape index (κ2) is 3.32. The fourth-order valence-corrected chi connectivity index (χ4v) is 0.991. The summed E-state index contributed by atoms with van der Waals surface area (Å²) >= 11 is 0. The largest absolute Gasteiger partial charge is 0.326 e. The Bertz CT molecular complexity index is 310. The summed E-state index contributed by atoms with van der Waals surface area (Å²) in [5, 5.41) is 10.3. The summed E-state index contributed by atoms with van der Waals surface area (Å²) in [4.78, 5) is 9.93. The molecule has 0 amide bonds. The lowest BCUT2D eigenvalue weighted by Crippen LogP contribution is -2.00. The highest BCUT2D eigenvalue weighted by atomic mass is 16.6. The van der Waals surface area contributed by atoms with Gasteiger partial charge in [0, 0.05) is 18.7 Å². The Balaban J connectivity index is 3.13. The van der Waals surface area contributed by atoms with Crippen LogP contribution in [-0.4, -0.2) is 4.92 Å². The molecule has 0 spiro atoms. The highest BCUT2D eigenvalue weighted by Gasteiger charge is 2.06. The highest BCUT2D eigenvalue weighted by molar-refractivity contribution is 5.39. The van der Waals surface area contributed by atoms with Crippen LogP contribution in [0, 0.1) is 17.0 Å². The van der Waals surface area contributed by atoms with Gasteiger partial charge in [0.2, 0.25) is 0 Å². The van der Waals surface area contributed by atoms with Crippen LogP contribution in [0.1, 0.15) is 11.1 Å². The van der Waals surface area contributed by atoms with Crippen LogP contribution in [0.3, 0.4) is 0 Å². The molecule has 0 aromatic heterocycles. The van der Waals surface area contributed by atoms with Crippen molar-refractivity contribution >= 4 is 5.69 Å². The zero-order valence-electron chi connectivity index (χ0n) is 6.78. The van der Waals surface area contributed by atoms with Gasteiger partial charge in [-0.05, 0) is 18.1 Å². The summed E-state index contributed by atoms with van der Waals surface area (Å²) in [5.74, 6) is 0. The van der Waals surface area contributed by atoms with Crippen LogP contribution < -0.4 is 5.73 Å². The molecule has 4 heteroatoms. The third-order valence-corrected chi connectivity index (χ3v) is 1.76. The third-order valence-electron chi connectivity index (χ3n) is 1.76. The van der Waals surface area contributed by atoms with E-state index in [1.807, 2.05) is 6.92 Å². The summed E-state index contributed by atoms with van der Waals surface area (Å²) < 4.78 is 0. The Morgan fingerprint density at radius 3 is 2.75 bits per heavy atom. The predicted molar refractivity (Wildman–Crippen MR) is 45.7 cm³/mol. The molecule has 1 rings (SSSR count). The van der Waals surface area contributed by atoms with Crippen LogP contribution in [0.5, 0.6) is 0 Å². The van der Waals surface area contributed by atoms with Crippen molar-refractivity contribution in [1.29, 1.82) is 0 Å². The minimum Gasteiger partial charge on any atom is -0.326 e. The number of rotatable bonds is 2. The van der Waals surface area contributed by atoms with Crippen molar-refractivity contribution in [3.8, 4) is 0 Å². The van der Waals surface area contributed by atoms with Gasteiger partial charge in [-0.15, -0.1) is 0 Å². The molecule has 12 heavy (non-hydrogen) atoms. The minimum atomic E-state index is -0.418. The lowest BCUT2D eigenvalue weighted by molar-refractivity contribution is -0.384. The normalized spacial score (nSPS) is 9.83. The maximum Gasteiger partial charge on any atom is 0.269 e. The molecule has 2 N–H and O–H groups in total. The number of non-ortho nitro benzene ring substituents is 1. The molecule has 0 fully saturated rings. The van der Waals surface area contributed by atoms with Gasteiger partial charge in [-0.25, -0.2) is 0 Å². The maximum absolute atomic E-state index is 10.3. The van der Waals surface area contributed by atoms with E-state index in [9.17, 15) is 10.1 Å². The van der Waals surface area contributed by atoms with E-state index in [-0.39, 0.29) is 5.69 Å². The first-order valence-corrected chi connectivity index (χ1v) is 3.59. The summed E-state index contributed by atoms with van der Waals surface area (Å²) in [7, 11) is 0. The van der Waals surface area contributed by atoms with E-state index in [0.29, 0.717) is 6.54 Å². The molecular weight excluding hydrogens is 156 g/mol. The number of hydrogen-bond acceptors (Lipinski definition) is 3. The smallest absolute Gasteiger partial charge is 0.269 e. The first-order valence-electron chi connectivity index (χ1n) is 3.59. The molecule has 0 saturated carbocycles. The van der Waals surface area contributed by atoms with Crippen molar-refractivity contribution in [2.24, 2.45) is 5.73 Å². The molecule has 1 aromatic carbocycles. The topological polar surface area (TPSA) is 69.2 Å². The molecule has 1 aromatic rings. The SMILES string of the molecule is Cc1ccc([N+](=O)[O-])cc1CN. The average Bonchev–Trinajstić information content (AvgIpc) is 2.05. The Morgan fingerprint density at radius 1 is 1.58 bits per heavy atom. The molecule has 64 valence electrons. The van der Waals surface area contributed by atoms with Gasteiger partial charge in [0.1, 0.15) is 0 Å². The molecule has 0 atom stereocenters. The van der Waals surface area contributed by atoms with Gasteiger partial charge in [0.25, 0.3) is 5.69 Å². The molecule has 0 bridgehead atoms. The fraction of sp³-hybridized carbons (Fsp3) is 0.250. The number of nitrogens with zero attached hydrogens (tertiary/aromatic N) is 1. The molecule has 0 unspecified atom stereocenters. The van der Waals surface area contributed by atoms with Gasteiger partial charge in [0.05, 0.1) is 4.92 Å². The lowest BCUT2D eigenvalue weighted by Gasteiger charge is -2.00. The Morgan fingerprint density at radius 2 is 2.25 bits per heavy atom. The number of nitro benzene ring substituents is 1. The van der Waals surface area contributed by atoms with Crippen LogP contribution in [0.2, 0.25) is 0 Å². The molecular formula is C8H10N2O2. The molecule has 0 saturated heterocycles. The van der Waals surface area contributed by atoms with E-state index in [2.05, 4.69) is 0 Å². The van der Waals surface area contributed by atoms with Crippen molar-refractivity contribution in [2.75, 3.05) is 0 Å². The van der Waals surface area contributed by atoms with Crippen molar-refractivity contribution < 1.29 is 4.92 Å². The van der Waals surface area contributed by atoms with Crippen molar-refractivity contribution in [2.45, 2.75) is 13.5 Å². The maximum atomic E-state index is 10.3. The monoisotopic (exact) mass is 166 g/mol.